The number of hydrogen-bond acceptors (Lipinski definition) is 4. The Morgan fingerprint density at radius 3 is 2.71 bits per heavy atom. The Hall–Kier alpha value is -2.09. The maximum Gasteiger partial charge on any atom is 0.305 e. The smallest absolute Gasteiger partial charge is 0.305 e. The van der Waals surface area contributed by atoms with Crippen LogP contribution in [0.25, 0.3) is 0 Å². The minimum absolute atomic E-state index is 0.0279. The second-order valence-electron chi connectivity index (χ2n) is 4.73. The maximum atomic E-state index is 13.8. The first kappa shape index (κ1) is 15.3. The van der Waals surface area contributed by atoms with Crippen LogP contribution in [0.2, 0.25) is 0 Å². The number of rotatable bonds is 5. The second-order valence-corrected chi connectivity index (χ2v) is 4.73. The van der Waals surface area contributed by atoms with Gasteiger partial charge in [-0.1, -0.05) is 0 Å². The Kier molecular flexibility index (Phi) is 4.46. The van der Waals surface area contributed by atoms with Gasteiger partial charge in [0, 0.05) is 18.7 Å². The molecule has 0 spiro atoms. The number of nitro benzene ring substituents is 1. The summed E-state index contributed by atoms with van der Waals surface area (Å²) in [5.41, 5.74) is -1.86. The molecular formula is C13H14F2N2O4. The average molecular weight is 300 g/mol. The minimum Gasteiger partial charge on any atom is -0.378 e. The molecule has 0 saturated heterocycles. The first-order valence-corrected chi connectivity index (χ1v) is 6.48. The van der Waals surface area contributed by atoms with Crippen molar-refractivity contribution in [2.75, 3.05) is 6.61 Å². The van der Waals surface area contributed by atoms with E-state index in [0.29, 0.717) is 31.6 Å². The predicted molar refractivity (Wildman–Crippen MR) is 68.9 cm³/mol. The highest BCUT2D eigenvalue weighted by atomic mass is 19.1. The first-order valence-electron chi connectivity index (χ1n) is 6.48. The topological polar surface area (TPSA) is 81.5 Å². The SMILES string of the molecule is CCOC1CC(NC(=O)c2c(F)ccc([N+](=O)[O-])c2F)C1. The molecule has 8 heteroatoms. The Labute approximate surface area is 119 Å². The zero-order chi connectivity index (χ0) is 15.6. The van der Waals surface area contributed by atoms with E-state index in [-0.39, 0.29) is 12.1 Å². The van der Waals surface area contributed by atoms with Crippen molar-refractivity contribution in [3.63, 3.8) is 0 Å². The molecule has 0 heterocycles. The molecule has 0 atom stereocenters. The molecule has 1 aliphatic rings. The summed E-state index contributed by atoms with van der Waals surface area (Å²) in [4.78, 5) is 21.5. The van der Waals surface area contributed by atoms with Gasteiger partial charge in [0.2, 0.25) is 5.82 Å². The van der Waals surface area contributed by atoms with Crippen molar-refractivity contribution >= 4 is 11.6 Å². The van der Waals surface area contributed by atoms with Crippen molar-refractivity contribution in [3.05, 3.63) is 39.4 Å². The predicted octanol–water partition coefficient (Wildman–Crippen LogP) is 2.17. The molecule has 1 saturated carbocycles. The third kappa shape index (κ3) is 3.15. The number of ether oxygens (including phenoxy) is 1. The van der Waals surface area contributed by atoms with Gasteiger partial charge in [-0.05, 0) is 25.8 Å². The van der Waals surface area contributed by atoms with Crippen LogP contribution in [0.1, 0.15) is 30.1 Å². The van der Waals surface area contributed by atoms with E-state index in [2.05, 4.69) is 5.32 Å². The van der Waals surface area contributed by atoms with Crippen molar-refractivity contribution in [1.82, 2.24) is 5.32 Å². The summed E-state index contributed by atoms with van der Waals surface area (Å²) in [6, 6.07) is 1.16. The average Bonchev–Trinajstić information content (AvgIpc) is 2.35. The molecule has 1 aromatic rings. The largest absolute Gasteiger partial charge is 0.378 e. The van der Waals surface area contributed by atoms with Crippen molar-refractivity contribution < 1.29 is 23.2 Å². The molecule has 0 aliphatic heterocycles. The molecule has 1 N–H and O–H groups in total. The van der Waals surface area contributed by atoms with Crippen molar-refractivity contribution in [3.8, 4) is 0 Å². The highest BCUT2D eigenvalue weighted by Crippen LogP contribution is 2.26. The third-order valence-electron chi connectivity index (χ3n) is 3.33. The lowest BCUT2D eigenvalue weighted by molar-refractivity contribution is -0.387. The second kappa shape index (κ2) is 6.13. The fraction of sp³-hybridized carbons (Fsp3) is 0.462. The van der Waals surface area contributed by atoms with Crippen LogP contribution in [0, 0.1) is 21.7 Å². The van der Waals surface area contributed by atoms with Gasteiger partial charge in [-0.2, -0.15) is 4.39 Å². The molecule has 0 aromatic heterocycles. The van der Waals surface area contributed by atoms with Crippen molar-refractivity contribution in [2.24, 2.45) is 0 Å². The van der Waals surface area contributed by atoms with Gasteiger partial charge in [0.05, 0.1) is 11.0 Å². The first-order chi connectivity index (χ1) is 9.93. The lowest BCUT2D eigenvalue weighted by Crippen LogP contribution is -2.48. The summed E-state index contributed by atoms with van der Waals surface area (Å²) >= 11 is 0. The minimum atomic E-state index is -1.46. The molecule has 1 amide bonds. The van der Waals surface area contributed by atoms with E-state index >= 15 is 0 Å². The van der Waals surface area contributed by atoms with Crippen molar-refractivity contribution in [2.45, 2.75) is 31.9 Å². The van der Waals surface area contributed by atoms with Gasteiger partial charge in [0.25, 0.3) is 5.91 Å². The summed E-state index contributed by atoms with van der Waals surface area (Å²) in [5.74, 6) is -3.58. The summed E-state index contributed by atoms with van der Waals surface area (Å²) in [6.45, 7) is 2.40. The number of carbonyl (C=O) groups excluding carboxylic acids is 1. The molecule has 0 radical (unpaired) electrons. The number of hydrogen-bond donors (Lipinski definition) is 1. The zero-order valence-electron chi connectivity index (χ0n) is 11.3. The molecule has 2 rings (SSSR count). The molecule has 21 heavy (non-hydrogen) atoms. The normalized spacial score (nSPS) is 20.7. The number of nitro groups is 1. The van der Waals surface area contributed by atoms with Crippen LogP contribution < -0.4 is 5.32 Å². The van der Waals surface area contributed by atoms with Crippen LogP contribution >= 0.6 is 0 Å². The van der Waals surface area contributed by atoms with E-state index in [1.54, 1.807) is 0 Å². The number of amides is 1. The molecule has 1 fully saturated rings. The summed E-state index contributed by atoms with van der Waals surface area (Å²) in [7, 11) is 0. The van der Waals surface area contributed by atoms with Gasteiger partial charge in [0.1, 0.15) is 11.4 Å². The Morgan fingerprint density at radius 2 is 2.14 bits per heavy atom. The van der Waals surface area contributed by atoms with E-state index in [9.17, 15) is 23.7 Å². The lowest BCUT2D eigenvalue weighted by Gasteiger charge is -2.35. The molecule has 1 aliphatic carbocycles. The molecule has 114 valence electrons. The number of carbonyl (C=O) groups is 1. The molecular weight excluding hydrogens is 286 g/mol. The number of nitrogens with zero attached hydrogens (tertiary/aromatic N) is 1. The fourth-order valence-corrected chi connectivity index (χ4v) is 2.20. The third-order valence-corrected chi connectivity index (χ3v) is 3.33. The summed E-state index contributed by atoms with van der Waals surface area (Å²) in [5, 5.41) is 13.1. The van der Waals surface area contributed by atoms with Crippen LogP contribution in [0.3, 0.4) is 0 Å². The fourth-order valence-electron chi connectivity index (χ4n) is 2.20. The van der Waals surface area contributed by atoms with Crippen LogP contribution in [0.15, 0.2) is 12.1 Å². The lowest BCUT2D eigenvalue weighted by atomic mass is 9.89. The Balaban J connectivity index is 2.10. The van der Waals surface area contributed by atoms with Crippen LogP contribution in [-0.2, 0) is 4.74 Å². The monoisotopic (exact) mass is 300 g/mol. The van der Waals surface area contributed by atoms with Gasteiger partial charge in [-0.15, -0.1) is 0 Å². The Bertz CT molecular complexity index is 574. The van der Waals surface area contributed by atoms with Crippen LogP contribution in [0.5, 0.6) is 0 Å². The summed E-state index contributed by atoms with van der Waals surface area (Å²) in [6.07, 6.45) is 1.13. The van der Waals surface area contributed by atoms with E-state index in [0.717, 1.165) is 0 Å². The van der Waals surface area contributed by atoms with Gasteiger partial charge in [-0.3, -0.25) is 14.9 Å². The van der Waals surface area contributed by atoms with E-state index < -0.39 is 33.7 Å². The zero-order valence-corrected chi connectivity index (χ0v) is 11.3. The summed E-state index contributed by atoms with van der Waals surface area (Å²) < 4.78 is 32.7. The van der Waals surface area contributed by atoms with Gasteiger partial charge in [-0.25, -0.2) is 4.39 Å². The van der Waals surface area contributed by atoms with Gasteiger partial charge >= 0.3 is 5.69 Å². The van der Waals surface area contributed by atoms with Gasteiger partial charge < -0.3 is 10.1 Å². The van der Waals surface area contributed by atoms with Crippen LogP contribution in [-0.4, -0.2) is 29.6 Å². The number of nitrogens with one attached hydrogen (secondary N) is 1. The number of halogens is 2. The molecule has 0 bridgehead atoms. The van der Waals surface area contributed by atoms with Gasteiger partial charge in [0.15, 0.2) is 0 Å². The van der Waals surface area contributed by atoms with E-state index in [1.807, 2.05) is 6.92 Å². The standard InChI is InChI=1S/C13H14F2N2O4/c1-2-21-8-5-7(6-8)16-13(18)11-9(14)3-4-10(12(11)15)17(19)20/h3-4,7-8H,2,5-6H2,1H3,(H,16,18). The Morgan fingerprint density at radius 1 is 1.48 bits per heavy atom. The van der Waals surface area contributed by atoms with Crippen LogP contribution in [0.4, 0.5) is 14.5 Å². The molecule has 6 nitrogen and oxygen atoms in total. The molecule has 1 aromatic carbocycles. The van der Waals surface area contributed by atoms with E-state index in [4.69, 9.17) is 4.74 Å². The highest BCUT2D eigenvalue weighted by Gasteiger charge is 2.33. The highest BCUT2D eigenvalue weighted by molar-refractivity contribution is 5.95. The number of benzene rings is 1. The van der Waals surface area contributed by atoms with E-state index in [1.165, 1.54) is 0 Å². The van der Waals surface area contributed by atoms with Crippen molar-refractivity contribution in [1.29, 1.82) is 0 Å². The quantitative estimate of drug-likeness (QED) is 0.667. The maximum absolute atomic E-state index is 13.8. The molecule has 0 unspecified atom stereocenters.